The van der Waals surface area contributed by atoms with Gasteiger partial charge in [-0.2, -0.15) is 0 Å². The fourth-order valence-electron chi connectivity index (χ4n) is 3.83. The van der Waals surface area contributed by atoms with E-state index in [1.54, 1.807) is 19.3 Å². The van der Waals surface area contributed by atoms with Crippen molar-refractivity contribution >= 4 is 22.5 Å². The smallest absolute Gasteiger partial charge is 0.186 e. The number of pyridine rings is 1. The van der Waals surface area contributed by atoms with E-state index in [4.69, 9.17) is 0 Å². The van der Waals surface area contributed by atoms with Crippen LogP contribution in [0.1, 0.15) is 24.4 Å². The van der Waals surface area contributed by atoms with Crippen LogP contribution in [0.2, 0.25) is 0 Å². The van der Waals surface area contributed by atoms with Crippen molar-refractivity contribution in [3.05, 3.63) is 42.1 Å². The normalized spacial score (nSPS) is 15.2. The van der Waals surface area contributed by atoms with Gasteiger partial charge in [0.05, 0.1) is 17.4 Å². The summed E-state index contributed by atoms with van der Waals surface area (Å²) in [5.74, 6) is 2.26. The number of hydrogen-bond acceptors (Lipinski definition) is 7. The summed E-state index contributed by atoms with van der Waals surface area (Å²) in [4.78, 5) is 25.6. The molecule has 3 aromatic rings. The summed E-state index contributed by atoms with van der Waals surface area (Å²) in [6, 6.07) is 1.98. The standard InChI is InChI=1S/C20H24FN7/c1-13-18(21)20(24-12-23-13)27(3)11-15-5-8-28(9-6-15)19-16-4-7-22-10-17(16)25-14(2)26-19/h4,7,10,12,15H,5-6,8-9,11H2,1-3H3. The Morgan fingerprint density at radius 2 is 1.96 bits per heavy atom. The molecule has 28 heavy (non-hydrogen) atoms. The molecule has 3 aromatic heterocycles. The van der Waals surface area contributed by atoms with Crippen LogP contribution in [0, 0.1) is 25.6 Å². The Morgan fingerprint density at radius 3 is 2.75 bits per heavy atom. The van der Waals surface area contributed by atoms with E-state index >= 15 is 0 Å². The van der Waals surface area contributed by atoms with E-state index in [0.717, 1.165) is 55.0 Å². The average molecular weight is 381 g/mol. The Labute approximate surface area is 163 Å². The van der Waals surface area contributed by atoms with Gasteiger partial charge in [0, 0.05) is 38.3 Å². The number of halogens is 1. The van der Waals surface area contributed by atoms with Crippen LogP contribution in [0.25, 0.3) is 10.9 Å². The average Bonchev–Trinajstić information content (AvgIpc) is 2.70. The van der Waals surface area contributed by atoms with E-state index in [2.05, 4.69) is 29.8 Å². The molecule has 0 aromatic carbocycles. The number of anilines is 2. The Hall–Kier alpha value is -2.90. The molecule has 7 nitrogen and oxygen atoms in total. The van der Waals surface area contributed by atoms with Gasteiger partial charge >= 0.3 is 0 Å². The summed E-state index contributed by atoms with van der Waals surface area (Å²) in [6.45, 7) is 6.18. The van der Waals surface area contributed by atoms with Crippen molar-refractivity contribution in [2.45, 2.75) is 26.7 Å². The first-order valence-electron chi connectivity index (χ1n) is 9.54. The number of aryl methyl sites for hydroxylation is 2. The first kappa shape index (κ1) is 18.5. The van der Waals surface area contributed by atoms with Crippen LogP contribution in [0.3, 0.4) is 0 Å². The van der Waals surface area contributed by atoms with E-state index < -0.39 is 0 Å². The van der Waals surface area contributed by atoms with Crippen LogP contribution in [-0.4, -0.2) is 51.6 Å². The fraction of sp³-hybridized carbons (Fsp3) is 0.450. The number of piperidine rings is 1. The summed E-state index contributed by atoms with van der Waals surface area (Å²) in [5.41, 5.74) is 1.26. The molecule has 0 atom stereocenters. The Kier molecular flexibility index (Phi) is 5.02. The van der Waals surface area contributed by atoms with Crippen molar-refractivity contribution in [3.8, 4) is 0 Å². The van der Waals surface area contributed by atoms with Gasteiger partial charge in [0.2, 0.25) is 0 Å². The van der Waals surface area contributed by atoms with Crippen LogP contribution in [0.15, 0.2) is 24.8 Å². The molecule has 0 N–H and O–H groups in total. The number of aromatic nitrogens is 5. The van der Waals surface area contributed by atoms with Gasteiger partial charge in [-0.05, 0) is 38.7 Å². The highest BCUT2D eigenvalue weighted by Gasteiger charge is 2.24. The molecular formula is C20H24FN7. The molecule has 1 aliphatic heterocycles. The largest absolute Gasteiger partial charge is 0.357 e. The molecule has 0 bridgehead atoms. The Bertz CT molecular complexity index is 985. The van der Waals surface area contributed by atoms with E-state index in [1.807, 2.05) is 24.9 Å². The number of nitrogens with zero attached hydrogens (tertiary/aromatic N) is 7. The van der Waals surface area contributed by atoms with E-state index in [-0.39, 0.29) is 5.82 Å². The molecule has 1 aliphatic rings. The van der Waals surface area contributed by atoms with E-state index in [0.29, 0.717) is 17.4 Å². The highest BCUT2D eigenvalue weighted by Crippen LogP contribution is 2.28. The highest BCUT2D eigenvalue weighted by molar-refractivity contribution is 5.88. The molecule has 8 heteroatoms. The summed E-state index contributed by atoms with van der Waals surface area (Å²) < 4.78 is 14.3. The molecule has 0 aliphatic carbocycles. The maximum absolute atomic E-state index is 14.3. The molecule has 4 heterocycles. The quantitative estimate of drug-likeness (QED) is 0.688. The van der Waals surface area contributed by atoms with Crippen LogP contribution < -0.4 is 9.80 Å². The molecular weight excluding hydrogens is 357 g/mol. The van der Waals surface area contributed by atoms with Crippen LogP contribution >= 0.6 is 0 Å². The molecule has 146 valence electrons. The van der Waals surface area contributed by atoms with Crippen LogP contribution in [-0.2, 0) is 0 Å². The minimum absolute atomic E-state index is 0.334. The molecule has 0 unspecified atom stereocenters. The number of hydrogen-bond donors (Lipinski definition) is 0. The molecule has 0 radical (unpaired) electrons. The lowest BCUT2D eigenvalue weighted by molar-refractivity contribution is 0.405. The summed E-state index contributed by atoms with van der Waals surface area (Å²) in [7, 11) is 1.89. The Balaban J connectivity index is 1.45. The zero-order valence-corrected chi connectivity index (χ0v) is 16.4. The lowest BCUT2D eigenvalue weighted by Gasteiger charge is -2.35. The van der Waals surface area contributed by atoms with Crippen molar-refractivity contribution in [2.75, 3.05) is 36.5 Å². The maximum Gasteiger partial charge on any atom is 0.186 e. The SMILES string of the molecule is Cc1nc(N2CCC(CN(C)c3ncnc(C)c3F)CC2)c2ccncc2n1. The van der Waals surface area contributed by atoms with Crippen molar-refractivity contribution < 1.29 is 4.39 Å². The second-order valence-corrected chi connectivity index (χ2v) is 7.39. The van der Waals surface area contributed by atoms with Crippen molar-refractivity contribution in [1.82, 2.24) is 24.9 Å². The third kappa shape index (κ3) is 3.58. The molecule has 1 saturated heterocycles. The van der Waals surface area contributed by atoms with Crippen molar-refractivity contribution in [3.63, 3.8) is 0 Å². The lowest BCUT2D eigenvalue weighted by atomic mass is 9.96. The van der Waals surface area contributed by atoms with Gasteiger partial charge in [-0.3, -0.25) is 4.98 Å². The minimum atomic E-state index is -0.334. The predicted molar refractivity (Wildman–Crippen MR) is 107 cm³/mol. The zero-order chi connectivity index (χ0) is 19.7. The van der Waals surface area contributed by atoms with Gasteiger partial charge in [0.25, 0.3) is 0 Å². The fourth-order valence-corrected chi connectivity index (χ4v) is 3.83. The topological polar surface area (TPSA) is 70.9 Å². The van der Waals surface area contributed by atoms with Crippen LogP contribution in [0.4, 0.5) is 16.0 Å². The number of rotatable bonds is 4. The van der Waals surface area contributed by atoms with Crippen molar-refractivity contribution in [1.29, 1.82) is 0 Å². The van der Waals surface area contributed by atoms with E-state index in [1.165, 1.54) is 6.33 Å². The number of fused-ring (bicyclic) bond motifs is 1. The van der Waals surface area contributed by atoms with Gasteiger partial charge in [0.1, 0.15) is 18.0 Å². The first-order chi connectivity index (χ1) is 13.5. The third-order valence-corrected chi connectivity index (χ3v) is 5.34. The predicted octanol–water partition coefficient (Wildman–Crippen LogP) is 2.92. The van der Waals surface area contributed by atoms with Gasteiger partial charge in [-0.1, -0.05) is 0 Å². The first-order valence-corrected chi connectivity index (χ1v) is 9.54. The van der Waals surface area contributed by atoms with Gasteiger partial charge in [-0.15, -0.1) is 0 Å². The second-order valence-electron chi connectivity index (χ2n) is 7.39. The van der Waals surface area contributed by atoms with E-state index in [9.17, 15) is 4.39 Å². The Morgan fingerprint density at radius 1 is 1.18 bits per heavy atom. The van der Waals surface area contributed by atoms with Gasteiger partial charge < -0.3 is 9.80 Å². The zero-order valence-electron chi connectivity index (χ0n) is 16.4. The van der Waals surface area contributed by atoms with Crippen LogP contribution in [0.5, 0.6) is 0 Å². The molecule has 0 saturated carbocycles. The highest BCUT2D eigenvalue weighted by atomic mass is 19.1. The van der Waals surface area contributed by atoms with Gasteiger partial charge in [0.15, 0.2) is 11.6 Å². The van der Waals surface area contributed by atoms with Crippen molar-refractivity contribution in [2.24, 2.45) is 5.92 Å². The second kappa shape index (κ2) is 7.61. The summed E-state index contributed by atoms with van der Waals surface area (Å²) >= 11 is 0. The lowest BCUT2D eigenvalue weighted by Crippen LogP contribution is -2.38. The molecule has 0 amide bonds. The summed E-state index contributed by atoms with van der Waals surface area (Å²) in [5, 5.41) is 1.04. The minimum Gasteiger partial charge on any atom is -0.357 e. The monoisotopic (exact) mass is 381 g/mol. The molecule has 1 fully saturated rings. The molecule has 4 rings (SSSR count). The van der Waals surface area contributed by atoms with Gasteiger partial charge in [-0.25, -0.2) is 24.3 Å². The summed E-state index contributed by atoms with van der Waals surface area (Å²) in [6.07, 6.45) is 7.03. The molecule has 0 spiro atoms. The maximum atomic E-state index is 14.3. The third-order valence-electron chi connectivity index (χ3n) is 5.34.